The number of rotatable bonds is 1. The predicted octanol–water partition coefficient (Wildman–Crippen LogP) is 2.06. The summed E-state index contributed by atoms with van der Waals surface area (Å²) >= 11 is 5.19. The zero-order valence-corrected chi connectivity index (χ0v) is 11.9. The quantitative estimate of drug-likeness (QED) is 0.642. The van der Waals surface area contributed by atoms with Gasteiger partial charge >= 0.3 is 0 Å². The molecule has 2 aromatic heterocycles. The van der Waals surface area contributed by atoms with E-state index in [1.807, 2.05) is 30.3 Å². The number of nitrogens with zero attached hydrogens (tertiary/aromatic N) is 4. The van der Waals surface area contributed by atoms with Gasteiger partial charge in [-0.25, -0.2) is 0 Å². The summed E-state index contributed by atoms with van der Waals surface area (Å²) in [7, 11) is 3.44. The van der Waals surface area contributed by atoms with Gasteiger partial charge in [-0.3, -0.25) is 9.36 Å². The molecule has 100 valence electrons. The fraction of sp³-hybridized carbons (Fsp3) is 0.143. The Morgan fingerprint density at radius 2 is 1.75 bits per heavy atom. The molecular weight excluding hydrogens is 272 g/mol. The second-order valence-electron chi connectivity index (χ2n) is 4.54. The number of hydrogen-bond donors (Lipinski definition) is 0. The van der Waals surface area contributed by atoms with Crippen LogP contribution < -0.4 is 5.56 Å². The molecule has 1 aromatic carbocycles. The summed E-state index contributed by atoms with van der Waals surface area (Å²) in [5.41, 5.74) is 1.94. The molecule has 20 heavy (non-hydrogen) atoms. The second-order valence-corrected chi connectivity index (χ2v) is 4.90. The van der Waals surface area contributed by atoms with Crippen molar-refractivity contribution in [3.05, 3.63) is 51.5 Å². The predicted molar refractivity (Wildman–Crippen MR) is 80.0 cm³/mol. The van der Waals surface area contributed by atoms with Crippen LogP contribution in [0.3, 0.4) is 0 Å². The third-order valence-corrected chi connectivity index (χ3v) is 3.82. The van der Waals surface area contributed by atoms with Gasteiger partial charge in [0, 0.05) is 19.7 Å². The molecule has 3 rings (SSSR count). The molecule has 6 heteroatoms. The molecule has 0 bridgehead atoms. The first-order valence-corrected chi connectivity index (χ1v) is 6.49. The first-order chi connectivity index (χ1) is 9.59. The van der Waals surface area contributed by atoms with Gasteiger partial charge in [0.15, 0.2) is 10.4 Å². The SMILES string of the molecule is Cn1c(=O)c2cc(-c3ccccc3)nnc2n(C)c1=S. The highest BCUT2D eigenvalue weighted by Gasteiger charge is 2.10. The molecule has 0 saturated heterocycles. The lowest BCUT2D eigenvalue weighted by atomic mass is 10.1. The number of benzene rings is 1. The topological polar surface area (TPSA) is 52.7 Å². The lowest BCUT2D eigenvalue weighted by Crippen LogP contribution is -2.22. The summed E-state index contributed by atoms with van der Waals surface area (Å²) in [6.45, 7) is 0. The van der Waals surface area contributed by atoms with Crippen LogP contribution in [0.1, 0.15) is 0 Å². The molecule has 0 unspecified atom stereocenters. The van der Waals surface area contributed by atoms with Crippen LogP contribution in [0.15, 0.2) is 41.2 Å². The van der Waals surface area contributed by atoms with Gasteiger partial charge in [0.1, 0.15) is 0 Å². The number of aromatic nitrogens is 4. The maximum absolute atomic E-state index is 12.3. The molecule has 0 aliphatic rings. The van der Waals surface area contributed by atoms with Crippen LogP contribution in [0.4, 0.5) is 0 Å². The van der Waals surface area contributed by atoms with Gasteiger partial charge in [0.25, 0.3) is 5.56 Å². The molecule has 0 atom stereocenters. The van der Waals surface area contributed by atoms with Crippen molar-refractivity contribution in [1.29, 1.82) is 0 Å². The van der Waals surface area contributed by atoms with Crippen LogP contribution in [0, 0.1) is 4.77 Å². The molecule has 0 spiro atoms. The Labute approximate surface area is 120 Å². The highest BCUT2D eigenvalue weighted by molar-refractivity contribution is 7.71. The molecule has 2 heterocycles. The molecule has 3 aromatic rings. The smallest absolute Gasteiger partial charge is 0.263 e. The maximum Gasteiger partial charge on any atom is 0.263 e. The van der Waals surface area contributed by atoms with Gasteiger partial charge in [0.2, 0.25) is 0 Å². The first-order valence-electron chi connectivity index (χ1n) is 6.08. The Morgan fingerprint density at radius 1 is 1.05 bits per heavy atom. The van der Waals surface area contributed by atoms with Gasteiger partial charge < -0.3 is 4.57 Å². The van der Waals surface area contributed by atoms with Gasteiger partial charge in [-0.05, 0) is 18.3 Å². The number of fused-ring (bicyclic) bond motifs is 1. The van der Waals surface area contributed by atoms with E-state index in [9.17, 15) is 4.79 Å². The van der Waals surface area contributed by atoms with E-state index in [-0.39, 0.29) is 5.56 Å². The average molecular weight is 284 g/mol. The molecule has 5 nitrogen and oxygen atoms in total. The van der Waals surface area contributed by atoms with Crippen LogP contribution in [0.2, 0.25) is 0 Å². The molecule has 0 aliphatic heterocycles. The van der Waals surface area contributed by atoms with E-state index in [4.69, 9.17) is 12.2 Å². The van der Waals surface area contributed by atoms with Crippen molar-refractivity contribution < 1.29 is 0 Å². The van der Waals surface area contributed by atoms with E-state index in [0.29, 0.717) is 21.5 Å². The Balaban J connectivity index is 2.38. The fourth-order valence-corrected chi connectivity index (χ4v) is 2.29. The zero-order chi connectivity index (χ0) is 14.3. The molecule has 0 saturated carbocycles. The van der Waals surface area contributed by atoms with Crippen molar-refractivity contribution in [3.63, 3.8) is 0 Å². The summed E-state index contributed by atoms with van der Waals surface area (Å²) in [5, 5.41) is 8.85. The Bertz CT molecular complexity index is 912. The Kier molecular flexibility index (Phi) is 2.94. The highest BCUT2D eigenvalue weighted by Crippen LogP contribution is 2.18. The average Bonchev–Trinajstić information content (AvgIpc) is 2.51. The van der Waals surface area contributed by atoms with Crippen molar-refractivity contribution in [1.82, 2.24) is 19.3 Å². The maximum atomic E-state index is 12.3. The summed E-state index contributed by atoms with van der Waals surface area (Å²) in [6, 6.07) is 11.4. The van der Waals surface area contributed by atoms with Gasteiger partial charge in [0.05, 0.1) is 11.1 Å². The minimum Gasteiger partial charge on any atom is -0.304 e. The fourth-order valence-electron chi connectivity index (χ4n) is 2.12. The molecule has 0 N–H and O–H groups in total. The Morgan fingerprint density at radius 3 is 2.45 bits per heavy atom. The summed E-state index contributed by atoms with van der Waals surface area (Å²) in [6.07, 6.45) is 0. The minimum atomic E-state index is -0.157. The van der Waals surface area contributed by atoms with Crippen molar-refractivity contribution >= 4 is 23.3 Å². The molecule has 0 aliphatic carbocycles. The summed E-state index contributed by atoms with van der Waals surface area (Å²) in [4.78, 5) is 12.3. The number of aryl methyl sites for hydroxylation is 1. The first kappa shape index (κ1) is 12.7. The molecule has 0 radical (unpaired) electrons. The zero-order valence-electron chi connectivity index (χ0n) is 11.1. The van der Waals surface area contributed by atoms with Crippen LogP contribution in [0.25, 0.3) is 22.3 Å². The van der Waals surface area contributed by atoms with E-state index in [0.717, 1.165) is 5.56 Å². The lowest BCUT2D eigenvalue weighted by Gasteiger charge is -2.08. The van der Waals surface area contributed by atoms with E-state index >= 15 is 0 Å². The van der Waals surface area contributed by atoms with E-state index < -0.39 is 0 Å². The van der Waals surface area contributed by atoms with E-state index in [1.54, 1.807) is 24.7 Å². The standard InChI is InChI=1S/C14H12N4OS/c1-17-12-10(13(19)18(2)14(17)20)8-11(15-16-12)9-6-4-3-5-7-9/h3-8H,1-2H3. The van der Waals surface area contributed by atoms with Crippen molar-refractivity contribution in [2.45, 2.75) is 0 Å². The van der Waals surface area contributed by atoms with Gasteiger partial charge in [-0.1, -0.05) is 30.3 Å². The van der Waals surface area contributed by atoms with Crippen molar-refractivity contribution in [2.24, 2.45) is 14.1 Å². The third-order valence-electron chi connectivity index (χ3n) is 3.27. The van der Waals surface area contributed by atoms with Crippen molar-refractivity contribution in [2.75, 3.05) is 0 Å². The monoisotopic (exact) mass is 284 g/mol. The lowest BCUT2D eigenvalue weighted by molar-refractivity contribution is 0.735. The van der Waals surface area contributed by atoms with Crippen LogP contribution >= 0.6 is 12.2 Å². The number of hydrogen-bond acceptors (Lipinski definition) is 4. The van der Waals surface area contributed by atoms with Crippen LogP contribution in [-0.2, 0) is 14.1 Å². The Hall–Kier alpha value is -2.34. The van der Waals surface area contributed by atoms with Crippen molar-refractivity contribution in [3.8, 4) is 11.3 Å². The largest absolute Gasteiger partial charge is 0.304 e. The van der Waals surface area contributed by atoms with Gasteiger partial charge in [-0.15, -0.1) is 10.2 Å². The van der Waals surface area contributed by atoms with Crippen LogP contribution in [-0.4, -0.2) is 19.3 Å². The second kappa shape index (κ2) is 4.64. The normalized spacial score (nSPS) is 10.9. The summed E-state index contributed by atoms with van der Waals surface area (Å²) in [5.74, 6) is 0. The van der Waals surface area contributed by atoms with E-state index in [1.165, 1.54) is 4.57 Å². The van der Waals surface area contributed by atoms with Crippen LogP contribution in [0.5, 0.6) is 0 Å². The summed E-state index contributed by atoms with van der Waals surface area (Å²) < 4.78 is 3.55. The molecular formula is C14H12N4OS. The highest BCUT2D eigenvalue weighted by atomic mass is 32.1. The van der Waals surface area contributed by atoms with E-state index in [2.05, 4.69) is 10.2 Å². The molecule has 0 fully saturated rings. The molecule has 0 amide bonds. The minimum absolute atomic E-state index is 0.157. The third kappa shape index (κ3) is 1.85. The van der Waals surface area contributed by atoms with Gasteiger partial charge in [-0.2, -0.15) is 0 Å².